The number of rotatable bonds is 8. The maximum Gasteiger partial charge on any atom is 0.264 e. The van der Waals surface area contributed by atoms with Gasteiger partial charge in [-0.25, -0.2) is 9.97 Å². The lowest BCUT2D eigenvalue weighted by molar-refractivity contribution is 0.174. The summed E-state index contributed by atoms with van der Waals surface area (Å²) in [6.07, 6.45) is 6.46. The SMILES string of the molecule is CN(CCc1ccc2c(c1)OCO2)CCN1CCCC1c1nc(-n2cncn2)ns1. The first-order valence-corrected chi connectivity index (χ1v) is 11.0. The van der Waals surface area contributed by atoms with Crippen LogP contribution in [0.2, 0.25) is 0 Å². The number of nitrogens with zero attached hydrogens (tertiary/aromatic N) is 7. The zero-order chi connectivity index (χ0) is 20.3. The fraction of sp³-hybridized carbons (Fsp3) is 0.500. The molecule has 2 aromatic heterocycles. The van der Waals surface area contributed by atoms with Crippen LogP contribution in [0.15, 0.2) is 30.9 Å². The Kier molecular flexibility index (Phi) is 5.60. The van der Waals surface area contributed by atoms with Crippen LogP contribution in [0.1, 0.15) is 29.5 Å². The van der Waals surface area contributed by atoms with Crippen molar-refractivity contribution in [2.24, 2.45) is 0 Å². The summed E-state index contributed by atoms with van der Waals surface area (Å²) in [4.78, 5) is 13.6. The summed E-state index contributed by atoms with van der Waals surface area (Å²) in [6.45, 7) is 4.49. The first-order valence-electron chi connectivity index (χ1n) is 10.3. The minimum atomic E-state index is 0.324. The normalized spacial score (nSPS) is 18.5. The van der Waals surface area contributed by atoms with Crippen LogP contribution in [0.3, 0.4) is 0 Å². The van der Waals surface area contributed by atoms with E-state index in [1.807, 2.05) is 6.07 Å². The number of hydrogen-bond donors (Lipinski definition) is 0. The van der Waals surface area contributed by atoms with Crippen molar-refractivity contribution in [1.29, 1.82) is 0 Å². The fourth-order valence-corrected chi connectivity index (χ4v) is 4.78. The van der Waals surface area contributed by atoms with Gasteiger partial charge in [0.15, 0.2) is 11.5 Å². The van der Waals surface area contributed by atoms with Crippen molar-refractivity contribution < 1.29 is 9.47 Å². The minimum Gasteiger partial charge on any atom is -0.454 e. The van der Waals surface area contributed by atoms with Gasteiger partial charge in [0, 0.05) is 19.6 Å². The van der Waals surface area contributed by atoms with Crippen molar-refractivity contribution in [1.82, 2.24) is 33.9 Å². The molecule has 5 rings (SSSR count). The third kappa shape index (κ3) is 4.16. The molecular formula is C20H25N7O2S. The Bertz CT molecular complexity index is 977. The Labute approximate surface area is 179 Å². The van der Waals surface area contributed by atoms with Crippen molar-refractivity contribution >= 4 is 11.5 Å². The van der Waals surface area contributed by atoms with Crippen molar-refractivity contribution in [3.63, 3.8) is 0 Å². The minimum absolute atomic E-state index is 0.324. The van der Waals surface area contributed by atoms with E-state index in [0.29, 0.717) is 18.8 Å². The second-order valence-corrected chi connectivity index (χ2v) is 8.49. The molecule has 0 bridgehead atoms. The lowest BCUT2D eigenvalue weighted by Crippen LogP contribution is -2.34. The first-order chi connectivity index (χ1) is 14.8. The van der Waals surface area contributed by atoms with Gasteiger partial charge in [-0.15, -0.1) is 0 Å². The highest BCUT2D eigenvalue weighted by Gasteiger charge is 2.29. The van der Waals surface area contributed by atoms with Crippen molar-refractivity contribution in [2.75, 3.05) is 40.0 Å². The van der Waals surface area contributed by atoms with Crippen LogP contribution < -0.4 is 9.47 Å². The van der Waals surface area contributed by atoms with Gasteiger partial charge in [-0.05, 0) is 62.1 Å². The molecule has 0 spiro atoms. The second-order valence-electron chi connectivity index (χ2n) is 7.71. The Morgan fingerprint density at radius 3 is 3.07 bits per heavy atom. The molecule has 0 N–H and O–H groups in total. The number of fused-ring (bicyclic) bond motifs is 1. The van der Waals surface area contributed by atoms with Crippen LogP contribution in [-0.2, 0) is 6.42 Å². The summed E-state index contributed by atoms with van der Waals surface area (Å²) < 4.78 is 16.9. The Balaban J connectivity index is 1.13. The molecule has 9 nitrogen and oxygen atoms in total. The highest BCUT2D eigenvalue weighted by molar-refractivity contribution is 7.05. The number of benzene rings is 1. The molecule has 2 aliphatic rings. The number of ether oxygens (including phenoxy) is 2. The van der Waals surface area contributed by atoms with Gasteiger partial charge < -0.3 is 14.4 Å². The van der Waals surface area contributed by atoms with Gasteiger partial charge in [-0.1, -0.05) is 6.07 Å². The van der Waals surface area contributed by atoms with Gasteiger partial charge in [0.2, 0.25) is 6.79 Å². The van der Waals surface area contributed by atoms with Gasteiger partial charge in [0.1, 0.15) is 17.7 Å². The molecule has 0 amide bonds. The summed E-state index contributed by atoms with van der Waals surface area (Å²) in [6, 6.07) is 6.57. The Hall–Kier alpha value is -2.56. The van der Waals surface area contributed by atoms with Crippen LogP contribution in [0.4, 0.5) is 0 Å². The average Bonchev–Trinajstić information content (AvgIpc) is 3.55. The van der Waals surface area contributed by atoms with Crippen molar-refractivity contribution in [3.05, 3.63) is 41.4 Å². The summed E-state index contributed by atoms with van der Waals surface area (Å²) in [5.74, 6) is 2.31. The lowest BCUT2D eigenvalue weighted by Gasteiger charge is -2.25. The number of likely N-dealkylation sites (N-methyl/N-ethyl adjacent to an activating group) is 1. The van der Waals surface area contributed by atoms with Crippen LogP contribution in [0.5, 0.6) is 11.5 Å². The summed E-state index contributed by atoms with van der Waals surface area (Å²) >= 11 is 1.47. The molecule has 3 aromatic rings. The highest BCUT2D eigenvalue weighted by Crippen LogP contribution is 2.33. The molecule has 4 heterocycles. The van der Waals surface area contributed by atoms with Gasteiger partial charge >= 0.3 is 0 Å². The summed E-state index contributed by atoms with van der Waals surface area (Å²) in [5, 5.41) is 5.19. The van der Waals surface area contributed by atoms with Crippen LogP contribution in [-0.4, -0.2) is 73.9 Å². The molecular weight excluding hydrogens is 402 g/mol. The zero-order valence-electron chi connectivity index (χ0n) is 17.0. The van der Waals surface area contributed by atoms with Crippen LogP contribution >= 0.6 is 11.5 Å². The average molecular weight is 428 g/mol. The maximum atomic E-state index is 5.48. The molecule has 1 aromatic carbocycles. The van der Waals surface area contributed by atoms with Crippen molar-refractivity contribution in [3.8, 4) is 17.4 Å². The second kappa shape index (κ2) is 8.66. The molecule has 158 valence electrons. The van der Waals surface area contributed by atoms with E-state index in [2.05, 4.69) is 43.4 Å². The Morgan fingerprint density at radius 2 is 2.17 bits per heavy atom. The molecule has 30 heavy (non-hydrogen) atoms. The van der Waals surface area contributed by atoms with E-state index >= 15 is 0 Å². The van der Waals surface area contributed by atoms with Gasteiger partial charge in [0.25, 0.3) is 5.95 Å². The first kappa shape index (κ1) is 19.4. The third-order valence-corrected chi connectivity index (χ3v) is 6.50. The van der Waals surface area contributed by atoms with Crippen LogP contribution in [0, 0.1) is 0 Å². The van der Waals surface area contributed by atoms with Gasteiger partial charge in [-0.3, -0.25) is 4.90 Å². The number of likely N-dealkylation sites (tertiary alicyclic amines) is 1. The van der Waals surface area contributed by atoms with Crippen LogP contribution in [0.25, 0.3) is 5.95 Å². The quantitative estimate of drug-likeness (QED) is 0.541. The predicted molar refractivity (Wildman–Crippen MR) is 112 cm³/mol. The van der Waals surface area contributed by atoms with E-state index in [9.17, 15) is 0 Å². The maximum absolute atomic E-state index is 5.48. The third-order valence-electron chi connectivity index (χ3n) is 5.69. The molecule has 1 fully saturated rings. The van der Waals surface area contributed by atoms with E-state index < -0.39 is 0 Å². The van der Waals surface area contributed by atoms with Crippen molar-refractivity contribution in [2.45, 2.75) is 25.3 Å². The zero-order valence-corrected chi connectivity index (χ0v) is 17.8. The molecule has 0 aliphatic carbocycles. The van der Waals surface area contributed by atoms with Gasteiger partial charge in [0.05, 0.1) is 6.04 Å². The van der Waals surface area contributed by atoms with E-state index in [0.717, 1.165) is 55.5 Å². The van der Waals surface area contributed by atoms with E-state index in [4.69, 9.17) is 14.5 Å². The fourth-order valence-electron chi connectivity index (χ4n) is 3.97. The van der Waals surface area contributed by atoms with E-state index in [1.165, 1.54) is 29.8 Å². The molecule has 10 heteroatoms. The largest absolute Gasteiger partial charge is 0.454 e. The monoisotopic (exact) mass is 427 g/mol. The lowest BCUT2D eigenvalue weighted by atomic mass is 10.1. The molecule has 1 saturated heterocycles. The molecule has 2 aliphatic heterocycles. The Morgan fingerprint density at radius 1 is 1.23 bits per heavy atom. The summed E-state index contributed by atoms with van der Waals surface area (Å²) in [5.41, 5.74) is 1.28. The topological polar surface area (TPSA) is 81.4 Å². The predicted octanol–water partition coefficient (Wildman–Crippen LogP) is 2.16. The van der Waals surface area contributed by atoms with E-state index in [-0.39, 0.29) is 0 Å². The number of hydrogen-bond acceptors (Lipinski definition) is 9. The molecule has 1 unspecified atom stereocenters. The molecule has 0 radical (unpaired) electrons. The molecule has 0 saturated carbocycles. The standard InChI is InChI=1S/C20H25N7O2S/c1-25(8-6-15-4-5-17-18(11-15)29-14-28-17)9-10-26-7-2-3-16(26)19-23-20(24-30-19)27-13-21-12-22-27/h4-5,11-13,16H,2-3,6-10,14H2,1H3. The van der Waals surface area contributed by atoms with Gasteiger partial charge in [-0.2, -0.15) is 14.2 Å². The summed E-state index contributed by atoms with van der Waals surface area (Å²) in [7, 11) is 2.19. The van der Waals surface area contributed by atoms with E-state index in [1.54, 1.807) is 11.0 Å². The highest BCUT2D eigenvalue weighted by atomic mass is 32.1. The molecule has 1 atom stereocenters. The number of aromatic nitrogens is 5. The smallest absolute Gasteiger partial charge is 0.264 e.